The molecule has 0 spiro atoms. The van der Waals surface area contributed by atoms with Gasteiger partial charge in [-0.25, -0.2) is 17.6 Å². The van der Waals surface area contributed by atoms with E-state index < -0.39 is 33.8 Å². The lowest BCUT2D eigenvalue weighted by Crippen LogP contribution is -2.30. The average Bonchev–Trinajstić information content (AvgIpc) is 3.17. The first-order valence-electron chi connectivity index (χ1n) is 8.80. The van der Waals surface area contributed by atoms with Gasteiger partial charge in [-0.2, -0.15) is 0 Å². The van der Waals surface area contributed by atoms with Crippen molar-refractivity contribution in [2.45, 2.75) is 17.2 Å². The Balaban J connectivity index is 1.72. The maximum atomic E-state index is 13.0. The molecule has 1 atom stereocenters. The van der Waals surface area contributed by atoms with Gasteiger partial charge in [0.2, 0.25) is 0 Å². The summed E-state index contributed by atoms with van der Waals surface area (Å²) in [7, 11) is -3.97. The molecule has 162 valence electrons. The van der Waals surface area contributed by atoms with Crippen LogP contribution >= 0.6 is 22.9 Å². The number of benzene rings is 2. The molecule has 0 aliphatic carbocycles. The predicted octanol–water partition coefficient (Wildman–Crippen LogP) is 4.53. The number of carbonyl (C=O) groups excluding carboxylic acids is 2. The highest BCUT2D eigenvalue weighted by atomic mass is 35.5. The molecule has 0 fully saturated rings. The number of ether oxygens (including phenoxy) is 1. The Bertz CT molecular complexity index is 1210. The van der Waals surface area contributed by atoms with Crippen LogP contribution in [-0.2, 0) is 19.6 Å². The Hall–Kier alpha value is -2.95. The van der Waals surface area contributed by atoms with Crippen molar-refractivity contribution in [2.24, 2.45) is 0 Å². The molecule has 1 unspecified atom stereocenters. The lowest BCUT2D eigenvalue weighted by molar-refractivity contribution is -0.123. The zero-order valence-corrected chi connectivity index (χ0v) is 18.4. The van der Waals surface area contributed by atoms with Crippen LogP contribution < -0.4 is 10.0 Å². The van der Waals surface area contributed by atoms with Gasteiger partial charge in [0, 0.05) is 5.69 Å². The molecule has 3 rings (SSSR count). The van der Waals surface area contributed by atoms with E-state index in [2.05, 4.69) is 10.0 Å². The molecular weight excluding hydrogens is 467 g/mol. The Morgan fingerprint density at radius 1 is 1.06 bits per heavy atom. The monoisotopic (exact) mass is 482 g/mol. The van der Waals surface area contributed by atoms with Crippen LogP contribution in [0.25, 0.3) is 0 Å². The van der Waals surface area contributed by atoms with Gasteiger partial charge in [0.1, 0.15) is 10.0 Å². The van der Waals surface area contributed by atoms with E-state index in [1.165, 1.54) is 61.5 Å². The third-order valence-corrected chi connectivity index (χ3v) is 7.06. The Morgan fingerprint density at radius 3 is 2.39 bits per heavy atom. The van der Waals surface area contributed by atoms with Gasteiger partial charge >= 0.3 is 5.97 Å². The fraction of sp³-hybridized carbons (Fsp3) is 0.100. The molecule has 11 heteroatoms. The smallest absolute Gasteiger partial charge is 0.341 e. The fourth-order valence-corrected chi connectivity index (χ4v) is 5.00. The van der Waals surface area contributed by atoms with E-state index in [1.54, 1.807) is 6.07 Å². The van der Waals surface area contributed by atoms with E-state index >= 15 is 0 Å². The molecule has 2 aromatic carbocycles. The van der Waals surface area contributed by atoms with E-state index in [9.17, 15) is 22.4 Å². The molecule has 0 bridgehead atoms. The number of rotatable bonds is 7. The van der Waals surface area contributed by atoms with Gasteiger partial charge < -0.3 is 10.1 Å². The number of hydrogen-bond acceptors (Lipinski definition) is 6. The average molecular weight is 483 g/mol. The number of hydrogen-bond donors (Lipinski definition) is 2. The summed E-state index contributed by atoms with van der Waals surface area (Å²) in [5.41, 5.74) is 0.246. The quantitative estimate of drug-likeness (QED) is 0.482. The van der Waals surface area contributed by atoms with Crippen LogP contribution in [0.1, 0.15) is 17.3 Å². The van der Waals surface area contributed by atoms with E-state index in [4.69, 9.17) is 16.3 Å². The number of esters is 1. The number of thiophene rings is 1. The zero-order chi connectivity index (χ0) is 22.6. The van der Waals surface area contributed by atoms with Gasteiger partial charge in [-0.05, 0) is 55.5 Å². The highest BCUT2D eigenvalue weighted by Gasteiger charge is 2.24. The van der Waals surface area contributed by atoms with Gasteiger partial charge in [-0.3, -0.25) is 9.52 Å². The summed E-state index contributed by atoms with van der Waals surface area (Å²) in [4.78, 5) is 24.9. The Morgan fingerprint density at radius 2 is 1.74 bits per heavy atom. The van der Waals surface area contributed by atoms with Crippen molar-refractivity contribution >= 4 is 56.2 Å². The van der Waals surface area contributed by atoms with Crippen molar-refractivity contribution in [3.05, 3.63) is 76.4 Å². The molecule has 0 radical (unpaired) electrons. The first kappa shape index (κ1) is 22.7. The molecule has 2 N–H and O–H groups in total. The largest absolute Gasteiger partial charge is 0.449 e. The van der Waals surface area contributed by atoms with Crippen molar-refractivity contribution in [2.75, 3.05) is 10.0 Å². The first-order valence-corrected chi connectivity index (χ1v) is 11.5. The molecule has 0 aliphatic heterocycles. The molecular formula is C20H16ClFN2O5S2. The normalized spacial score (nSPS) is 12.1. The zero-order valence-electron chi connectivity index (χ0n) is 16.0. The minimum absolute atomic E-state index is 0.0110. The number of halogens is 2. The lowest BCUT2D eigenvalue weighted by Gasteiger charge is -2.15. The molecule has 7 nitrogen and oxygen atoms in total. The number of nitrogens with one attached hydrogen (secondary N) is 2. The standard InChI is InChI=1S/C20H16ClFN2O5S2/c1-12(19(25)23-14-8-6-13(22)7-9-14)29-20(26)15-4-2-3-5-16(15)24-31(27,28)18-11-10-17(21)30-18/h2-12,24H,1H3,(H,23,25). The third kappa shape index (κ3) is 5.81. The van der Waals surface area contributed by atoms with Gasteiger partial charge in [-0.1, -0.05) is 23.7 Å². The second-order valence-corrected chi connectivity index (χ2v) is 9.88. The van der Waals surface area contributed by atoms with Crippen LogP contribution in [0.5, 0.6) is 0 Å². The number of anilines is 2. The Kier molecular flexibility index (Phi) is 6.94. The van der Waals surface area contributed by atoms with Gasteiger partial charge in [-0.15, -0.1) is 11.3 Å². The topological polar surface area (TPSA) is 102 Å². The molecule has 0 aliphatic rings. The van der Waals surface area contributed by atoms with Crippen molar-refractivity contribution in [3.8, 4) is 0 Å². The van der Waals surface area contributed by atoms with Crippen LogP contribution in [0.4, 0.5) is 15.8 Å². The summed E-state index contributed by atoms with van der Waals surface area (Å²) in [6.45, 7) is 1.36. The number of amides is 1. The molecule has 0 saturated carbocycles. The van der Waals surface area contributed by atoms with Crippen LogP contribution in [0, 0.1) is 5.82 Å². The highest BCUT2D eigenvalue weighted by molar-refractivity contribution is 7.94. The van der Waals surface area contributed by atoms with Crippen LogP contribution in [0.3, 0.4) is 0 Å². The molecule has 1 aromatic heterocycles. The SMILES string of the molecule is CC(OC(=O)c1ccccc1NS(=O)(=O)c1ccc(Cl)s1)C(=O)Nc1ccc(F)cc1. The number of para-hydroxylation sites is 1. The van der Waals surface area contributed by atoms with Crippen molar-refractivity contribution in [1.82, 2.24) is 0 Å². The number of carbonyl (C=O) groups is 2. The maximum Gasteiger partial charge on any atom is 0.341 e. The Labute approximate surface area is 186 Å². The van der Waals surface area contributed by atoms with E-state index in [0.717, 1.165) is 11.3 Å². The van der Waals surface area contributed by atoms with Crippen molar-refractivity contribution in [3.63, 3.8) is 0 Å². The molecule has 1 heterocycles. The summed E-state index contributed by atoms with van der Waals surface area (Å²) < 4.78 is 45.9. The first-order chi connectivity index (χ1) is 14.7. The molecule has 1 amide bonds. The van der Waals surface area contributed by atoms with E-state index in [0.29, 0.717) is 10.0 Å². The van der Waals surface area contributed by atoms with Gasteiger partial charge in [0.25, 0.3) is 15.9 Å². The fourth-order valence-electron chi connectivity index (χ4n) is 2.44. The molecule has 3 aromatic rings. The summed E-state index contributed by atoms with van der Waals surface area (Å²) in [5.74, 6) is -1.99. The number of sulfonamides is 1. The van der Waals surface area contributed by atoms with Crippen molar-refractivity contribution < 1.29 is 27.1 Å². The molecule has 31 heavy (non-hydrogen) atoms. The minimum Gasteiger partial charge on any atom is -0.449 e. The third-order valence-electron chi connectivity index (χ3n) is 3.97. The van der Waals surface area contributed by atoms with E-state index in [-0.39, 0.29) is 15.5 Å². The second-order valence-electron chi connectivity index (χ2n) is 6.25. The predicted molar refractivity (Wildman–Crippen MR) is 116 cm³/mol. The van der Waals surface area contributed by atoms with E-state index in [1.807, 2.05) is 0 Å². The van der Waals surface area contributed by atoms with Crippen LogP contribution in [-0.4, -0.2) is 26.4 Å². The summed E-state index contributed by atoms with van der Waals surface area (Å²) in [5, 5.41) is 2.50. The maximum absolute atomic E-state index is 13.0. The van der Waals surface area contributed by atoms with Gasteiger partial charge in [0.15, 0.2) is 6.10 Å². The minimum atomic E-state index is -3.97. The lowest BCUT2D eigenvalue weighted by atomic mass is 10.2. The van der Waals surface area contributed by atoms with Crippen molar-refractivity contribution in [1.29, 1.82) is 0 Å². The summed E-state index contributed by atoms with van der Waals surface area (Å²) in [6.07, 6.45) is -1.20. The molecule has 0 saturated heterocycles. The van der Waals surface area contributed by atoms with Crippen LogP contribution in [0.15, 0.2) is 64.9 Å². The summed E-state index contributed by atoms with van der Waals surface area (Å²) >= 11 is 6.67. The summed E-state index contributed by atoms with van der Waals surface area (Å²) in [6, 6.07) is 13.7. The second kappa shape index (κ2) is 9.46. The highest BCUT2D eigenvalue weighted by Crippen LogP contribution is 2.28. The van der Waals surface area contributed by atoms with Crippen LogP contribution in [0.2, 0.25) is 4.34 Å². The van der Waals surface area contributed by atoms with Gasteiger partial charge in [0.05, 0.1) is 15.6 Å².